The molecule has 1 aliphatic heterocycles. The Balaban J connectivity index is 1.57. The third-order valence-corrected chi connectivity index (χ3v) is 5.09. The van der Waals surface area contributed by atoms with Crippen molar-refractivity contribution in [3.63, 3.8) is 0 Å². The maximum absolute atomic E-state index is 12.6. The summed E-state index contributed by atoms with van der Waals surface area (Å²) in [5.74, 6) is 0.785. The van der Waals surface area contributed by atoms with E-state index < -0.39 is 0 Å². The Morgan fingerprint density at radius 2 is 1.93 bits per heavy atom. The number of carbonyl (C=O) groups excluding carboxylic acids is 1. The number of carbonyl (C=O) groups is 1. The maximum Gasteiger partial charge on any atom is 0.253 e. The molecule has 2 heterocycles. The Labute approximate surface area is 165 Å². The number of ether oxygens (including phenoxy) is 1. The molecule has 1 amide bonds. The molecule has 1 aliphatic rings. The molecule has 0 atom stereocenters. The van der Waals surface area contributed by atoms with E-state index in [0.717, 1.165) is 49.5 Å². The molecule has 1 fully saturated rings. The van der Waals surface area contributed by atoms with Crippen LogP contribution in [0.2, 0.25) is 0 Å². The topological polar surface area (TPSA) is 67.7 Å². The van der Waals surface area contributed by atoms with E-state index in [2.05, 4.69) is 16.8 Å². The van der Waals surface area contributed by atoms with Crippen molar-refractivity contribution >= 4 is 11.6 Å². The van der Waals surface area contributed by atoms with Crippen molar-refractivity contribution in [3.8, 4) is 5.75 Å². The van der Waals surface area contributed by atoms with Crippen LogP contribution in [0.25, 0.3) is 0 Å². The van der Waals surface area contributed by atoms with Gasteiger partial charge in [0, 0.05) is 37.9 Å². The molecule has 0 N–H and O–H groups in total. The van der Waals surface area contributed by atoms with Crippen LogP contribution >= 0.6 is 0 Å². The number of amides is 1. The normalized spacial score (nSPS) is 14.2. The van der Waals surface area contributed by atoms with Crippen molar-refractivity contribution < 1.29 is 9.53 Å². The van der Waals surface area contributed by atoms with Gasteiger partial charge in [-0.2, -0.15) is 0 Å². The predicted molar refractivity (Wildman–Crippen MR) is 109 cm³/mol. The lowest BCUT2D eigenvalue weighted by Gasteiger charge is -2.36. The lowest BCUT2D eigenvalue weighted by atomic mass is 10.2. The van der Waals surface area contributed by atoms with Gasteiger partial charge in [-0.1, -0.05) is 25.5 Å². The van der Waals surface area contributed by atoms with Gasteiger partial charge in [-0.15, -0.1) is 0 Å². The highest BCUT2D eigenvalue weighted by atomic mass is 16.5. The second kappa shape index (κ2) is 9.39. The Bertz CT molecular complexity index is 857. The summed E-state index contributed by atoms with van der Waals surface area (Å²) in [6.07, 6.45) is 4.36. The van der Waals surface area contributed by atoms with E-state index in [9.17, 15) is 9.59 Å². The maximum atomic E-state index is 12.6. The fourth-order valence-electron chi connectivity index (χ4n) is 3.41. The molecule has 0 bridgehead atoms. The fraction of sp³-hybridized carbons (Fsp3) is 0.476. The highest BCUT2D eigenvalue weighted by molar-refractivity contribution is 5.76. The molecule has 28 heavy (non-hydrogen) atoms. The van der Waals surface area contributed by atoms with Crippen molar-refractivity contribution in [2.45, 2.75) is 32.7 Å². The first kappa shape index (κ1) is 19.9. The van der Waals surface area contributed by atoms with Crippen LogP contribution in [0.1, 0.15) is 25.5 Å². The summed E-state index contributed by atoms with van der Waals surface area (Å²) in [6, 6.07) is 9.45. The number of hydrogen-bond acceptors (Lipinski definition) is 5. The molecule has 0 saturated carbocycles. The predicted octanol–water partition coefficient (Wildman–Crippen LogP) is 1.94. The molecule has 150 valence electrons. The number of piperazine rings is 1. The number of rotatable bonds is 7. The lowest BCUT2D eigenvalue weighted by Crippen LogP contribution is -2.50. The van der Waals surface area contributed by atoms with Gasteiger partial charge in [0.15, 0.2) is 0 Å². The first-order valence-electron chi connectivity index (χ1n) is 9.83. The summed E-state index contributed by atoms with van der Waals surface area (Å²) in [5.41, 5.74) is 1.67. The lowest BCUT2D eigenvalue weighted by molar-refractivity contribution is -0.132. The van der Waals surface area contributed by atoms with Crippen LogP contribution < -0.4 is 15.2 Å². The SMILES string of the molecule is CCCCc1cc(=O)n(CC(=O)N2CCN(c3ccccc3OC)CC2)cn1. The summed E-state index contributed by atoms with van der Waals surface area (Å²) >= 11 is 0. The first-order chi connectivity index (χ1) is 13.6. The van der Waals surface area contributed by atoms with Gasteiger partial charge in [0.25, 0.3) is 5.56 Å². The highest BCUT2D eigenvalue weighted by Gasteiger charge is 2.23. The van der Waals surface area contributed by atoms with Gasteiger partial charge in [0.05, 0.1) is 19.1 Å². The van der Waals surface area contributed by atoms with E-state index in [4.69, 9.17) is 4.74 Å². The van der Waals surface area contributed by atoms with Crippen LogP contribution in [-0.2, 0) is 17.8 Å². The average Bonchev–Trinajstić information content (AvgIpc) is 2.74. The number of nitrogens with zero attached hydrogens (tertiary/aromatic N) is 4. The monoisotopic (exact) mass is 384 g/mol. The van der Waals surface area contributed by atoms with Crippen LogP contribution in [0.3, 0.4) is 0 Å². The van der Waals surface area contributed by atoms with Crippen LogP contribution in [-0.4, -0.2) is 53.6 Å². The molecule has 7 nitrogen and oxygen atoms in total. The van der Waals surface area contributed by atoms with Gasteiger partial charge in [-0.05, 0) is 25.0 Å². The van der Waals surface area contributed by atoms with Gasteiger partial charge in [-0.25, -0.2) is 4.98 Å². The number of aryl methyl sites for hydroxylation is 1. The van der Waals surface area contributed by atoms with E-state index in [1.54, 1.807) is 13.2 Å². The molecule has 2 aromatic rings. The van der Waals surface area contributed by atoms with Crippen molar-refractivity contribution in [1.82, 2.24) is 14.5 Å². The minimum atomic E-state index is -0.165. The van der Waals surface area contributed by atoms with E-state index >= 15 is 0 Å². The van der Waals surface area contributed by atoms with E-state index in [0.29, 0.717) is 13.1 Å². The van der Waals surface area contributed by atoms with Gasteiger partial charge in [0.2, 0.25) is 5.91 Å². The molecule has 7 heteroatoms. The first-order valence-corrected chi connectivity index (χ1v) is 9.83. The zero-order valence-corrected chi connectivity index (χ0v) is 16.6. The molecular weight excluding hydrogens is 356 g/mol. The number of benzene rings is 1. The molecule has 3 rings (SSSR count). The fourth-order valence-corrected chi connectivity index (χ4v) is 3.41. The van der Waals surface area contributed by atoms with Crippen molar-refractivity contribution in [2.75, 3.05) is 38.2 Å². The molecule has 0 unspecified atom stereocenters. The second-order valence-electron chi connectivity index (χ2n) is 6.99. The summed E-state index contributed by atoms with van der Waals surface area (Å²) in [4.78, 5) is 33.2. The van der Waals surface area contributed by atoms with Gasteiger partial charge in [0.1, 0.15) is 12.3 Å². The summed E-state index contributed by atoms with van der Waals surface area (Å²) in [7, 11) is 1.66. The number of methoxy groups -OCH3 is 1. The van der Waals surface area contributed by atoms with Crippen LogP contribution in [0.5, 0.6) is 5.75 Å². The zero-order chi connectivity index (χ0) is 19.9. The number of aromatic nitrogens is 2. The molecule has 0 aliphatic carbocycles. The Morgan fingerprint density at radius 3 is 2.61 bits per heavy atom. The Kier molecular flexibility index (Phi) is 6.68. The summed E-state index contributed by atoms with van der Waals surface area (Å²) in [6.45, 7) is 4.84. The second-order valence-corrected chi connectivity index (χ2v) is 6.99. The number of unbranched alkanes of at least 4 members (excludes halogenated alkanes) is 1. The molecule has 1 aromatic heterocycles. The molecule has 1 aromatic carbocycles. The van der Waals surface area contributed by atoms with Gasteiger partial charge >= 0.3 is 0 Å². The van der Waals surface area contributed by atoms with Gasteiger partial charge < -0.3 is 14.5 Å². The Morgan fingerprint density at radius 1 is 1.18 bits per heavy atom. The molecule has 1 saturated heterocycles. The molecular formula is C21H28N4O3. The standard InChI is InChI=1S/C21H28N4O3/c1-3-4-7-17-14-20(26)25(16-22-17)15-21(27)24-12-10-23(11-13-24)18-8-5-6-9-19(18)28-2/h5-6,8-9,14,16H,3-4,7,10-13,15H2,1-2H3. The molecule has 0 spiro atoms. The number of hydrogen-bond donors (Lipinski definition) is 0. The quantitative estimate of drug-likeness (QED) is 0.730. The van der Waals surface area contributed by atoms with Crippen molar-refractivity contribution in [1.29, 1.82) is 0 Å². The van der Waals surface area contributed by atoms with Crippen molar-refractivity contribution in [3.05, 3.63) is 52.7 Å². The highest BCUT2D eigenvalue weighted by Crippen LogP contribution is 2.28. The number of anilines is 1. The number of para-hydroxylation sites is 2. The third kappa shape index (κ3) is 4.71. The van der Waals surface area contributed by atoms with E-state index in [1.807, 2.05) is 29.2 Å². The third-order valence-electron chi connectivity index (χ3n) is 5.09. The van der Waals surface area contributed by atoms with Crippen molar-refractivity contribution in [2.24, 2.45) is 0 Å². The van der Waals surface area contributed by atoms with E-state index in [-0.39, 0.29) is 18.0 Å². The van der Waals surface area contributed by atoms with Crippen LogP contribution in [0.4, 0.5) is 5.69 Å². The largest absolute Gasteiger partial charge is 0.495 e. The summed E-state index contributed by atoms with van der Waals surface area (Å²) in [5, 5.41) is 0. The van der Waals surface area contributed by atoms with E-state index in [1.165, 1.54) is 10.9 Å². The zero-order valence-electron chi connectivity index (χ0n) is 16.6. The Hall–Kier alpha value is -2.83. The minimum absolute atomic E-state index is 0.0363. The molecule has 0 radical (unpaired) electrons. The van der Waals surface area contributed by atoms with Gasteiger partial charge in [-0.3, -0.25) is 14.2 Å². The summed E-state index contributed by atoms with van der Waals surface area (Å²) < 4.78 is 6.83. The van der Waals surface area contributed by atoms with Crippen LogP contribution in [0, 0.1) is 0 Å². The average molecular weight is 384 g/mol. The minimum Gasteiger partial charge on any atom is -0.495 e. The van der Waals surface area contributed by atoms with Crippen LogP contribution in [0.15, 0.2) is 41.5 Å². The smallest absolute Gasteiger partial charge is 0.253 e.